The lowest BCUT2D eigenvalue weighted by molar-refractivity contribution is -0.155. The molecule has 0 spiro atoms. The van der Waals surface area contributed by atoms with Crippen molar-refractivity contribution in [2.24, 2.45) is 11.3 Å². The van der Waals surface area contributed by atoms with E-state index < -0.39 is 53.4 Å². The van der Waals surface area contributed by atoms with Gasteiger partial charge < -0.3 is 43.9 Å². The molecule has 3 aliphatic rings. The van der Waals surface area contributed by atoms with E-state index in [1.165, 1.54) is 23.1 Å². The van der Waals surface area contributed by atoms with Crippen LogP contribution in [0.3, 0.4) is 0 Å². The molecule has 16 nitrogen and oxygen atoms in total. The van der Waals surface area contributed by atoms with Crippen molar-refractivity contribution in [1.82, 2.24) is 35.0 Å². The quantitative estimate of drug-likeness (QED) is 0.114. The maximum atomic E-state index is 14.8. The highest BCUT2D eigenvalue weighted by molar-refractivity contribution is 5.96. The van der Waals surface area contributed by atoms with Crippen molar-refractivity contribution in [3.05, 3.63) is 90.0 Å². The summed E-state index contributed by atoms with van der Waals surface area (Å²) < 4.78 is 19.4. The number of esters is 1. The molecule has 16 heteroatoms. The fourth-order valence-corrected chi connectivity index (χ4v) is 10.5. The van der Waals surface area contributed by atoms with Gasteiger partial charge in [-0.1, -0.05) is 70.7 Å². The molecular formula is C54H71N7O9. The Bertz CT molecular complexity index is 2590. The predicted octanol–water partition coefficient (Wildman–Crippen LogP) is 5.96. The predicted molar refractivity (Wildman–Crippen MR) is 269 cm³/mol. The largest absolute Gasteiger partial charge is 0.508 e. The Labute approximate surface area is 411 Å². The van der Waals surface area contributed by atoms with Gasteiger partial charge in [-0.05, 0) is 96.7 Å². The topological polar surface area (TPSA) is 175 Å². The molecule has 376 valence electrons. The van der Waals surface area contributed by atoms with E-state index >= 15 is 0 Å². The minimum absolute atomic E-state index is 0.00858. The van der Waals surface area contributed by atoms with Gasteiger partial charge >= 0.3 is 12.0 Å². The molecule has 4 aromatic rings. The molecule has 7 rings (SSSR count). The van der Waals surface area contributed by atoms with Crippen LogP contribution in [0.15, 0.2) is 73.3 Å². The molecule has 3 N–H and O–H groups in total. The average Bonchev–Trinajstić information content (AvgIpc) is 3.64. The van der Waals surface area contributed by atoms with Crippen molar-refractivity contribution in [1.29, 1.82) is 0 Å². The minimum Gasteiger partial charge on any atom is -0.508 e. The van der Waals surface area contributed by atoms with E-state index in [-0.39, 0.29) is 63.4 Å². The van der Waals surface area contributed by atoms with Crippen LogP contribution in [0.2, 0.25) is 0 Å². The number of cyclic esters (lactones) is 1. The molecule has 1 unspecified atom stereocenters. The van der Waals surface area contributed by atoms with Crippen molar-refractivity contribution < 1.29 is 43.3 Å². The maximum absolute atomic E-state index is 14.8. The van der Waals surface area contributed by atoms with Crippen LogP contribution in [0, 0.1) is 11.3 Å². The van der Waals surface area contributed by atoms with Crippen molar-refractivity contribution in [3.8, 4) is 28.1 Å². The fourth-order valence-electron chi connectivity index (χ4n) is 10.5. The van der Waals surface area contributed by atoms with Crippen molar-refractivity contribution in [2.75, 3.05) is 67.3 Å². The highest BCUT2D eigenvalue weighted by Crippen LogP contribution is 2.41. The first-order valence-corrected chi connectivity index (χ1v) is 24.5. The number of phenols is 1. The van der Waals surface area contributed by atoms with Crippen LogP contribution in [0.25, 0.3) is 33.3 Å². The van der Waals surface area contributed by atoms with Crippen LogP contribution in [0.5, 0.6) is 5.75 Å². The van der Waals surface area contributed by atoms with Gasteiger partial charge in [0.15, 0.2) is 0 Å². The summed E-state index contributed by atoms with van der Waals surface area (Å²) in [7, 11) is 4.80. The molecule has 2 fully saturated rings. The molecule has 0 aliphatic carbocycles. The first-order chi connectivity index (χ1) is 33.5. The van der Waals surface area contributed by atoms with E-state index in [2.05, 4.69) is 73.0 Å². The van der Waals surface area contributed by atoms with Gasteiger partial charge in [-0.2, -0.15) is 0 Å². The molecular weight excluding hydrogens is 891 g/mol. The number of amides is 5. The molecule has 0 saturated carbocycles. The highest BCUT2D eigenvalue weighted by Gasteiger charge is 2.40. The van der Waals surface area contributed by atoms with E-state index in [1.54, 1.807) is 36.1 Å². The third-order valence-electron chi connectivity index (χ3n) is 13.9. The minimum atomic E-state index is -1.18. The number of carbonyl (C=O) groups is 5. The average molecular weight is 962 g/mol. The number of hydrogen-bond acceptors (Lipinski definition) is 10. The molecule has 4 atom stereocenters. The SMILES string of the molecule is C=CC(=O)N1CCN(C(=O)N(C)C(C(=O)N[C@H]2Cc3cc(O)cc(c3)-c3ccc4c(c3)c(c(-c3ccccc3CCOC)n4CC)CC(C)(C)COC(=O)[C@@H]3CCCN(N3)C2=O)C(C)C)C[C@@H]1COC. The van der Waals surface area contributed by atoms with Gasteiger partial charge in [-0.15, -0.1) is 0 Å². The zero-order valence-electron chi connectivity index (χ0n) is 42.1. The summed E-state index contributed by atoms with van der Waals surface area (Å²) in [6, 6.07) is 16.1. The number of aryl methyl sites for hydroxylation is 1. The molecule has 4 heterocycles. The number of fused-ring (bicyclic) bond motifs is 6. The Balaban J connectivity index is 1.28. The summed E-state index contributed by atoms with van der Waals surface area (Å²) in [5, 5.41) is 16.8. The summed E-state index contributed by atoms with van der Waals surface area (Å²) in [6.45, 7) is 16.2. The second-order valence-electron chi connectivity index (χ2n) is 20.0. The van der Waals surface area contributed by atoms with Gasteiger partial charge in [0.2, 0.25) is 11.8 Å². The van der Waals surface area contributed by atoms with Crippen molar-refractivity contribution >= 4 is 40.6 Å². The number of phenolic OH excluding ortho intramolecular Hbond substituents is 1. The highest BCUT2D eigenvalue weighted by atomic mass is 16.5. The molecule has 0 radical (unpaired) electrons. The second kappa shape index (κ2) is 22.2. The number of likely N-dealkylation sites (N-methyl/N-ethyl adjacent to an activating group) is 1. The number of carbonyl (C=O) groups excluding carboxylic acids is 5. The van der Waals surface area contributed by atoms with E-state index in [1.807, 2.05) is 32.0 Å². The van der Waals surface area contributed by atoms with Crippen LogP contribution in [-0.2, 0) is 59.2 Å². The van der Waals surface area contributed by atoms with Crippen molar-refractivity contribution in [3.63, 3.8) is 0 Å². The van der Waals surface area contributed by atoms with E-state index in [0.717, 1.165) is 50.8 Å². The Morgan fingerprint density at radius 3 is 2.51 bits per heavy atom. The molecule has 70 heavy (non-hydrogen) atoms. The first-order valence-electron chi connectivity index (χ1n) is 24.5. The summed E-state index contributed by atoms with van der Waals surface area (Å²) in [5.41, 5.74) is 10.3. The molecule has 3 aromatic carbocycles. The Hall–Kier alpha value is -6.23. The molecule has 5 amide bonds. The Kier molecular flexibility index (Phi) is 16.4. The number of rotatable bonds is 12. The molecule has 2 saturated heterocycles. The zero-order chi connectivity index (χ0) is 50.4. The monoisotopic (exact) mass is 962 g/mol. The van der Waals surface area contributed by atoms with Crippen LogP contribution < -0.4 is 10.7 Å². The Morgan fingerprint density at radius 1 is 1.03 bits per heavy atom. The number of nitrogens with one attached hydrogen (secondary N) is 2. The number of hydrazine groups is 1. The van der Waals surface area contributed by atoms with Gasteiger partial charge in [0, 0.05) is 82.3 Å². The van der Waals surface area contributed by atoms with Crippen molar-refractivity contribution in [2.45, 2.75) is 97.4 Å². The molecule has 3 aliphatic heterocycles. The van der Waals surface area contributed by atoms with E-state index in [4.69, 9.17) is 14.2 Å². The number of piperazine rings is 1. The molecule has 1 aromatic heterocycles. The number of methoxy groups -OCH3 is 2. The number of benzene rings is 3. The fraction of sp³-hybridized carbons (Fsp3) is 0.500. The lowest BCUT2D eigenvalue weighted by atomic mass is 9.83. The van der Waals surface area contributed by atoms with Gasteiger partial charge in [-0.25, -0.2) is 10.2 Å². The third-order valence-corrected chi connectivity index (χ3v) is 13.9. The summed E-state index contributed by atoms with van der Waals surface area (Å²) in [4.78, 5) is 75.0. The Morgan fingerprint density at radius 2 is 1.80 bits per heavy atom. The van der Waals surface area contributed by atoms with Crippen LogP contribution in [0.1, 0.15) is 64.2 Å². The number of nitrogens with zero attached hydrogens (tertiary/aromatic N) is 5. The summed E-state index contributed by atoms with van der Waals surface area (Å²) in [5.74, 6) is -2.15. The first kappa shape index (κ1) is 51.6. The van der Waals surface area contributed by atoms with Crippen LogP contribution in [-0.4, -0.2) is 151 Å². The van der Waals surface area contributed by atoms with E-state index in [9.17, 15) is 29.1 Å². The summed E-state index contributed by atoms with van der Waals surface area (Å²) >= 11 is 0. The lowest BCUT2D eigenvalue weighted by Crippen LogP contribution is -2.63. The standard InChI is InChI=1S/C54H71N7O9/c1-10-47(63)60-23-22-58(31-39(60)32-69-9)53(67)57(7)48(34(3)4)50(64)55-45-27-35-25-38(28-40(62)26-35)37-18-19-46-42(29-37)43(49(59(46)11-2)41-16-13-12-15-36(41)20-24-68-8)30-54(5,6)33-70-52(66)44-17-14-21-61(56-44)51(45)65/h10,12-13,15-16,18-19,25-26,28-29,34,39,44-45,48,56,62H,1,11,14,17,20-24,27,30-33H2,2-9H3,(H,55,64)/t39-,44+,45+,48?/m1/s1. The van der Waals surface area contributed by atoms with Crippen LogP contribution >= 0.6 is 0 Å². The van der Waals surface area contributed by atoms with Gasteiger partial charge in [-0.3, -0.25) is 24.2 Å². The number of aromatic nitrogens is 1. The van der Waals surface area contributed by atoms with Gasteiger partial charge in [0.05, 0.1) is 31.6 Å². The number of ether oxygens (including phenoxy) is 3. The molecule has 6 bridgehead atoms. The zero-order valence-corrected chi connectivity index (χ0v) is 42.1. The van der Waals surface area contributed by atoms with E-state index in [0.29, 0.717) is 38.0 Å². The number of aromatic hydroxyl groups is 1. The normalized spacial score (nSPS) is 20.2. The number of urea groups is 1. The maximum Gasteiger partial charge on any atom is 0.324 e. The number of hydrogen-bond donors (Lipinski definition) is 3. The van der Waals surface area contributed by atoms with Crippen LogP contribution in [0.4, 0.5) is 4.79 Å². The van der Waals surface area contributed by atoms with Gasteiger partial charge in [0.1, 0.15) is 23.9 Å². The van der Waals surface area contributed by atoms with Gasteiger partial charge in [0.25, 0.3) is 5.91 Å². The second-order valence-corrected chi connectivity index (χ2v) is 20.0. The summed E-state index contributed by atoms with van der Waals surface area (Å²) in [6.07, 6.45) is 3.48. The third kappa shape index (κ3) is 11.2. The lowest BCUT2D eigenvalue weighted by Gasteiger charge is -2.43. The smallest absolute Gasteiger partial charge is 0.324 e.